The minimum absolute atomic E-state index is 0.240. The molecule has 0 saturated carbocycles. The van der Waals surface area contributed by atoms with Crippen LogP contribution in [0.1, 0.15) is 0 Å². The van der Waals surface area contributed by atoms with Crippen LogP contribution >= 0.6 is 28.1 Å². The Bertz CT molecular complexity index is 493. The van der Waals surface area contributed by atoms with Crippen molar-refractivity contribution in [1.29, 1.82) is 0 Å². The summed E-state index contributed by atoms with van der Waals surface area (Å²) < 4.78 is 0.875. The lowest BCUT2D eigenvalue weighted by molar-refractivity contribution is 1.12. The Labute approximate surface area is 94.0 Å². The maximum atomic E-state index is 5.39. The molecule has 4 N–H and O–H groups in total. The van der Waals surface area contributed by atoms with Gasteiger partial charge in [-0.25, -0.2) is 0 Å². The van der Waals surface area contributed by atoms with Gasteiger partial charge < -0.3 is 11.1 Å². The number of hydrogen-bond acceptors (Lipinski definition) is 2. The minimum atomic E-state index is 0.240. The van der Waals surface area contributed by atoms with E-state index in [4.69, 9.17) is 18.0 Å². The highest BCUT2D eigenvalue weighted by Crippen LogP contribution is 2.29. The molecule has 0 spiro atoms. The molecule has 0 unspecified atom stereocenters. The number of nitrogens with two attached hydrogens (primary N) is 1. The Kier molecular flexibility index (Phi) is 2.39. The molecule has 0 atom stereocenters. The van der Waals surface area contributed by atoms with E-state index in [1.807, 2.05) is 12.1 Å². The molecule has 0 aliphatic rings. The largest absolute Gasteiger partial charge is 0.376 e. The SMILES string of the molecule is NC(=S)Nc1ccc2cn[nH]c2c1Br. The Morgan fingerprint density at radius 3 is 3.07 bits per heavy atom. The summed E-state index contributed by atoms with van der Waals surface area (Å²) in [7, 11) is 0. The molecule has 1 aromatic carbocycles. The predicted octanol–water partition coefficient (Wildman–Crippen LogP) is 1.98. The lowest BCUT2D eigenvalue weighted by atomic mass is 10.2. The summed E-state index contributed by atoms with van der Waals surface area (Å²) >= 11 is 8.20. The van der Waals surface area contributed by atoms with Gasteiger partial charge in [-0.1, -0.05) is 0 Å². The van der Waals surface area contributed by atoms with Gasteiger partial charge >= 0.3 is 0 Å². The number of benzene rings is 1. The Balaban J connectivity index is 2.56. The minimum Gasteiger partial charge on any atom is -0.376 e. The second kappa shape index (κ2) is 3.55. The van der Waals surface area contributed by atoms with Gasteiger partial charge in [0.25, 0.3) is 0 Å². The van der Waals surface area contributed by atoms with E-state index in [0.29, 0.717) is 0 Å². The first-order valence-corrected chi connectivity index (χ1v) is 5.06. The number of H-pyrrole nitrogens is 1. The number of fused-ring (bicyclic) bond motifs is 1. The Morgan fingerprint density at radius 2 is 2.36 bits per heavy atom. The van der Waals surface area contributed by atoms with Gasteiger partial charge in [0.2, 0.25) is 0 Å². The zero-order valence-electron chi connectivity index (χ0n) is 7.04. The first-order valence-electron chi connectivity index (χ1n) is 3.86. The zero-order chi connectivity index (χ0) is 10.1. The molecule has 1 aromatic heterocycles. The van der Waals surface area contributed by atoms with Gasteiger partial charge in [-0.2, -0.15) is 5.10 Å². The van der Waals surface area contributed by atoms with Gasteiger partial charge in [0.15, 0.2) is 5.11 Å². The number of aromatic amines is 1. The van der Waals surface area contributed by atoms with E-state index in [1.165, 1.54) is 0 Å². The zero-order valence-corrected chi connectivity index (χ0v) is 9.45. The van der Waals surface area contributed by atoms with Gasteiger partial charge in [0, 0.05) is 5.39 Å². The van der Waals surface area contributed by atoms with Gasteiger partial charge in [0.05, 0.1) is 21.9 Å². The lowest BCUT2D eigenvalue weighted by Gasteiger charge is -2.06. The van der Waals surface area contributed by atoms with Crippen molar-refractivity contribution < 1.29 is 0 Å². The summed E-state index contributed by atoms with van der Waals surface area (Å²) in [6.45, 7) is 0. The number of thiocarbonyl (C=S) groups is 1. The van der Waals surface area contributed by atoms with E-state index in [9.17, 15) is 0 Å². The van der Waals surface area contributed by atoms with E-state index < -0.39 is 0 Å². The Hall–Kier alpha value is -1.14. The highest BCUT2D eigenvalue weighted by molar-refractivity contribution is 9.10. The van der Waals surface area contributed by atoms with E-state index in [1.54, 1.807) is 6.20 Å². The summed E-state index contributed by atoms with van der Waals surface area (Å²) in [6.07, 6.45) is 1.75. The Morgan fingerprint density at radius 1 is 1.57 bits per heavy atom. The van der Waals surface area contributed by atoms with Crippen LogP contribution in [-0.4, -0.2) is 15.3 Å². The second-order valence-electron chi connectivity index (χ2n) is 2.75. The maximum Gasteiger partial charge on any atom is 0.168 e. The van der Waals surface area contributed by atoms with Crippen LogP contribution in [0.5, 0.6) is 0 Å². The molecular formula is C8H7BrN4S. The fourth-order valence-corrected chi connectivity index (χ4v) is 1.87. The molecule has 2 rings (SSSR count). The molecule has 0 amide bonds. The number of rotatable bonds is 1. The van der Waals surface area contributed by atoms with Crippen LogP contribution in [0.2, 0.25) is 0 Å². The molecular weight excluding hydrogens is 264 g/mol. The molecule has 1 heterocycles. The predicted molar refractivity (Wildman–Crippen MR) is 64.2 cm³/mol. The van der Waals surface area contributed by atoms with Crippen molar-refractivity contribution in [3.05, 3.63) is 22.8 Å². The van der Waals surface area contributed by atoms with Crippen molar-refractivity contribution in [1.82, 2.24) is 10.2 Å². The monoisotopic (exact) mass is 270 g/mol. The quantitative estimate of drug-likeness (QED) is 0.694. The lowest BCUT2D eigenvalue weighted by Crippen LogP contribution is -2.19. The number of hydrogen-bond donors (Lipinski definition) is 3. The third-order valence-electron chi connectivity index (χ3n) is 1.81. The molecule has 0 bridgehead atoms. The second-order valence-corrected chi connectivity index (χ2v) is 3.98. The van der Waals surface area contributed by atoms with Gasteiger partial charge in [-0.15, -0.1) is 0 Å². The highest BCUT2D eigenvalue weighted by atomic mass is 79.9. The van der Waals surface area contributed by atoms with Gasteiger partial charge in [0.1, 0.15) is 0 Å². The van der Waals surface area contributed by atoms with E-state index in [0.717, 1.165) is 21.1 Å². The number of aromatic nitrogens is 2. The van der Waals surface area contributed by atoms with Crippen molar-refractivity contribution in [2.75, 3.05) is 5.32 Å². The van der Waals surface area contributed by atoms with Crippen LogP contribution in [0.3, 0.4) is 0 Å². The van der Waals surface area contributed by atoms with Gasteiger partial charge in [-0.05, 0) is 40.3 Å². The standard InChI is InChI=1S/C8H7BrN4S/c9-6-5(12-8(10)14)2-1-4-3-11-13-7(4)6/h1-3H,(H,11,13)(H3,10,12,14). The van der Waals surface area contributed by atoms with Crippen molar-refractivity contribution in [2.24, 2.45) is 5.73 Å². The summed E-state index contributed by atoms with van der Waals surface area (Å²) in [5, 5.41) is 11.0. The van der Waals surface area contributed by atoms with Crippen LogP contribution in [0.15, 0.2) is 22.8 Å². The maximum absolute atomic E-state index is 5.39. The third kappa shape index (κ3) is 1.58. The average molecular weight is 271 g/mol. The summed E-state index contributed by atoms with van der Waals surface area (Å²) in [5.74, 6) is 0. The van der Waals surface area contributed by atoms with Crippen LogP contribution < -0.4 is 11.1 Å². The molecule has 72 valence electrons. The van der Waals surface area contributed by atoms with E-state index in [2.05, 4.69) is 31.4 Å². The molecule has 4 nitrogen and oxygen atoms in total. The third-order valence-corrected chi connectivity index (χ3v) is 2.74. The van der Waals surface area contributed by atoms with Crippen LogP contribution in [-0.2, 0) is 0 Å². The normalized spacial score (nSPS) is 10.4. The number of nitrogens with one attached hydrogen (secondary N) is 2. The molecule has 0 saturated heterocycles. The van der Waals surface area contributed by atoms with Crippen LogP contribution in [0.4, 0.5) is 5.69 Å². The van der Waals surface area contributed by atoms with Crippen molar-refractivity contribution in [3.63, 3.8) is 0 Å². The van der Waals surface area contributed by atoms with Crippen molar-refractivity contribution in [3.8, 4) is 0 Å². The molecule has 0 radical (unpaired) electrons. The first-order chi connectivity index (χ1) is 6.68. The number of halogens is 1. The summed E-state index contributed by atoms with van der Waals surface area (Å²) in [5.41, 5.74) is 7.14. The number of anilines is 1. The van der Waals surface area contributed by atoms with Crippen molar-refractivity contribution >= 4 is 49.9 Å². The summed E-state index contributed by atoms with van der Waals surface area (Å²) in [4.78, 5) is 0. The van der Waals surface area contributed by atoms with Gasteiger partial charge in [-0.3, -0.25) is 5.10 Å². The smallest absolute Gasteiger partial charge is 0.168 e. The number of nitrogens with zero attached hydrogens (tertiary/aromatic N) is 1. The summed E-state index contributed by atoms with van der Waals surface area (Å²) in [6, 6.07) is 3.82. The van der Waals surface area contributed by atoms with Crippen molar-refractivity contribution in [2.45, 2.75) is 0 Å². The fourth-order valence-electron chi connectivity index (χ4n) is 1.21. The van der Waals surface area contributed by atoms with E-state index >= 15 is 0 Å². The molecule has 0 aliphatic carbocycles. The highest BCUT2D eigenvalue weighted by Gasteiger charge is 2.06. The van der Waals surface area contributed by atoms with Crippen LogP contribution in [0, 0.1) is 0 Å². The first kappa shape index (κ1) is 9.42. The molecule has 2 aromatic rings. The van der Waals surface area contributed by atoms with Crippen LogP contribution in [0.25, 0.3) is 10.9 Å². The average Bonchev–Trinajstić information content (AvgIpc) is 2.57. The molecule has 0 aliphatic heterocycles. The molecule has 0 fully saturated rings. The fraction of sp³-hybridized carbons (Fsp3) is 0. The molecule has 14 heavy (non-hydrogen) atoms. The topological polar surface area (TPSA) is 66.7 Å². The van der Waals surface area contributed by atoms with E-state index in [-0.39, 0.29) is 5.11 Å². The molecule has 6 heteroatoms.